The largest absolute Gasteiger partial charge is 0.491 e. The second-order valence-corrected chi connectivity index (χ2v) is 11.3. The summed E-state index contributed by atoms with van der Waals surface area (Å²) in [6.45, 7) is 8.79. The summed E-state index contributed by atoms with van der Waals surface area (Å²) in [7, 11) is 0. The minimum atomic E-state index is -0.549. The highest BCUT2D eigenvalue weighted by atomic mass is 35.5. The number of hydrogen-bond acceptors (Lipinski definition) is 4. The average molecular weight is 511 g/mol. The first-order valence-corrected chi connectivity index (χ1v) is 13.0. The Labute approximate surface area is 216 Å². The van der Waals surface area contributed by atoms with Gasteiger partial charge in [0.15, 0.2) is 0 Å². The van der Waals surface area contributed by atoms with E-state index in [1.165, 1.54) is 10.4 Å². The van der Waals surface area contributed by atoms with Gasteiger partial charge in [0.1, 0.15) is 18.9 Å². The molecular weight excluding hydrogens is 480 g/mol. The molecule has 2 amide bonds. The Morgan fingerprint density at radius 3 is 2.57 bits per heavy atom. The number of amides is 2. The van der Waals surface area contributed by atoms with Crippen LogP contribution in [0.15, 0.2) is 60.0 Å². The summed E-state index contributed by atoms with van der Waals surface area (Å²) in [6, 6.07) is 16.7. The van der Waals surface area contributed by atoms with Gasteiger partial charge in [0.2, 0.25) is 5.91 Å². The highest BCUT2D eigenvalue weighted by Crippen LogP contribution is 2.34. The maximum absolute atomic E-state index is 13.7. The van der Waals surface area contributed by atoms with E-state index in [0.29, 0.717) is 23.7 Å². The minimum absolute atomic E-state index is 0.0185. The summed E-state index contributed by atoms with van der Waals surface area (Å²) >= 11 is 7.84. The van der Waals surface area contributed by atoms with E-state index in [4.69, 9.17) is 16.3 Å². The molecule has 2 heterocycles. The maximum atomic E-state index is 13.7. The zero-order valence-corrected chi connectivity index (χ0v) is 22.2. The van der Waals surface area contributed by atoms with Crippen LogP contribution in [0.25, 0.3) is 0 Å². The molecule has 0 N–H and O–H groups in total. The monoisotopic (exact) mass is 510 g/mol. The first-order chi connectivity index (χ1) is 16.6. The van der Waals surface area contributed by atoms with E-state index < -0.39 is 5.54 Å². The van der Waals surface area contributed by atoms with Crippen molar-refractivity contribution in [2.45, 2.75) is 45.7 Å². The average Bonchev–Trinajstić information content (AvgIpc) is 3.30. The Bertz CT molecular complexity index is 1200. The van der Waals surface area contributed by atoms with Crippen molar-refractivity contribution in [1.82, 2.24) is 9.80 Å². The molecule has 0 fully saturated rings. The molecule has 2 aromatic carbocycles. The lowest BCUT2D eigenvalue weighted by molar-refractivity contribution is -0.136. The number of ether oxygens (including phenoxy) is 1. The van der Waals surface area contributed by atoms with Crippen LogP contribution in [-0.4, -0.2) is 46.8 Å². The molecule has 0 bridgehead atoms. The fraction of sp³-hybridized carbons (Fsp3) is 0.357. The Kier molecular flexibility index (Phi) is 7.53. The second kappa shape index (κ2) is 10.4. The smallest absolute Gasteiger partial charge is 0.254 e. The second-order valence-electron chi connectivity index (χ2n) is 9.85. The van der Waals surface area contributed by atoms with Gasteiger partial charge in [-0.05, 0) is 81.5 Å². The number of halogens is 1. The van der Waals surface area contributed by atoms with E-state index in [0.717, 1.165) is 17.7 Å². The van der Waals surface area contributed by atoms with Crippen molar-refractivity contribution in [3.05, 3.63) is 86.6 Å². The third-order valence-corrected chi connectivity index (χ3v) is 7.50. The number of rotatable bonds is 6. The topological polar surface area (TPSA) is 49.9 Å². The fourth-order valence-electron chi connectivity index (χ4n) is 4.30. The number of benzene rings is 2. The third-order valence-electron chi connectivity index (χ3n) is 6.26. The molecule has 1 aliphatic rings. The van der Waals surface area contributed by atoms with Gasteiger partial charge in [-0.3, -0.25) is 9.59 Å². The Hall–Kier alpha value is -2.83. The Morgan fingerprint density at radius 2 is 1.89 bits per heavy atom. The van der Waals surface area contributed by atoms with Gasteiger partial charge in [-0.1, -0.05) is 35.4 Å². The number of carbonyl (C=O) groups excluding carboxylic acids is 2. The number of aryl methyl sites for hydroxylation is 1. The van der Waals surface area contributed by atoms with E-state index in [-0.39, 0.29) is 24.4 Å². The molecule has 5 nitrogen and oxygen atoms in total. The van der Waals surface area contributed by atoms with Gasteiger partial charge in [-0.2, -0.15) is 0 Å². The molecule has 1 unspecified atom stereocenters. The van der Waals surface area contributed by atoms with Gasteiger partial charge in [0.25, 0.3) is 5.91 Å². The van der Waals surface area contributed by atoms with Gasteiger partial charge in [0.05, 0.1) is 6.04 Å². The highest BCUT2D eigenvalue weighted by Gasteiger charge is 2.36. The normalized spacial score (nSPS) is 15.5. The molecule has 0 saturated heterocycles. The molecule has 3 aromatic rings. The lowest BCUT2D eigenvalue weighted by atomic mass is 9.99. The summed E-state index contributed by atoms with van der Waals surface area (Å²) < 4.78 is 6.12. The number of hydrogen-bond donors (Lipinski definition) is 0. The van der Waals surface area contributed by atoms with E-state index in [1.807, 2.05) is 56.9 Å². The molecule has 0 aliphatic carbocycles. The Balaban J connectivity index is 1.56. The van der Waals surface area contributed by atoms with Crippen molar-refractivity contribution in [3.63, 3.8) is 0 Å². The van der Waals surface area contributed by atoms with Crippen LogP contribution in [0.2, 0.25) is 5.02 Å². The van der Waals surface area contributed by atoms with Crippen LogP contribution >= 0.6 is 22.9 Å². The lowest BCUT2D eigenvalue weighted by Gasteiger charge is -2.40. The first kappa shape index (κ1) is 25.3. The van der Waals surface area contributed by atoms with Crippen LogP contribution in [0, 0.1) is 6.92 Å². The van der Waals surface area contributed by atoms with Crippen LogP contribution in [0.4, 0.5) is 0 Å². The van der Waals surface area contributed by atoms with Crippen LogP contribution in [0.5, 0.6) is 5.75 Å². The van der Waals surface area contributed by atoms with Crippen LogP contribution in [0.1, 0.15) is 53.2 Å². The van der Waals surface area contributed by atoms with E-state index in [9.17, 15) is 9.59 Å². The molecule has 4 rings (SSSR count). The summed E-state index contributed by atoms with van der Waals surface area (Å²) in [4.78, 5) is 31.9. The summed E-state index contributed by atoms with van der Waals surface area (Å²) in [5, 5.41) is 2.56. The third kappa shape index (κ3) is 5.88. The highest BCUT2D eigenvalue weighted by molar-refractivity contribution is 7.10. The van der Waals surface area contributed by atoms with Crippen LogP contribution in [0.3, 0.4) is 0 Å². The number of fused-ring (bicyclic) bond motifs is 1. The zero-order chi connectivity index (χ0) is 25.2. The van der Waals surface area contributed by atoms with Gasteiger partial charge in [0, 0.05) is 27.5 Å². The molecule has 7 heteroatoms. The molecule has 0 saturated carbocycles. The van der Waals surface area contributed by atoms with Gasteiger partial charge in [-0.15, -0.1) is 11.3 Å². The fourth-order valence-corrected chi connectivity index (χ4v) is 5.42. The predicted octanol–water partition coefficient (Wildman–Crippen LogP) is 6.16. The van der Waals surface area contributed by atoms with Crippen molar-refractivity contribution in [1.29, 1.82) is 0 Å². The molecule has 1 atom stereocenters. The van der Waals surface area contributed by atoms with Crippen molar-refractivity contribution in [2.75, 3.05) is 19.7 Å². The zero-order valence-electron chi connectivity index (χ0n) is 20.6. The first-order valence-electron chi connectivity index (χ1n) is 11.8. The van der Waals surface area contributed by atoms with Gasteiger partial charge < -0.3 is 14.5 Å². The number of nitrogens with zero attached hydrogens (tertiary/aromatic N) is 2. The van der Waals surface area contributed by atoms with E-state index in [2.05, 4.69) is 11.4 Å². The van der Waals surface area contributed by atoms with Crippen molar-refractivity contribution in [3.8, 4) is 5.75 Å². The summed E-state index contributed by atoms with van der Waals surface area (Å²) in [5.74, 6) is 0.469. The molecule has 0 radical (unpaired) electrons. The van der Waals surface area contributed by atoms with Crippen molar-refractivity contribution >= 4 is 34.8 Å². The minimum Gasteiger partial charge on any atom is -0.491 e. The molecule has 1 aliphatic heterocycles. The van der Waals surface area contributed by atoms with E-state index >= 15 is 0 Å². The van der Waals surface area contributed by atoms with Crippen LogP contribution < -0.4 is 4.74 Å². The predicted molar refractivity (Wildman–Crippen MR) is 141 cm³/mol. The number of carbonyl (C=O) groups is 2. The Morgan fingerprint density at radius 1 is 1.14 bits per heavy atom. The molecule has 0 spiro atoms. The van der Waals surface area contributed by atoms with E-state index in [1.54, 1.807) is 40.5 Å². The number of thiophene rings is 1. The molecule has 35 heavy (non-hydrogen) atoms. The standard InChI is InChI=1S/C28H31ClN2O3S/c1-19-8-10-22(11-9-19)34-18-24-23-13-15-35-25(23)12-14-30(24)26(32)17-31(28(2,3)4)27(33)20-6-5-7-21(29)16-20/h5-11,13,15-16,24H,12,14,17-18H2,1-4H3. The summed E-state index contributed by atoms with van der Waals surface area (Å²) in [6.07, 6.45) is 0.803. The SMILES string of the molecule is Cc1ccc(OCC2c3ccsc3CCN2C(=O)CN(C(=O)c2cccc(Cl)c2)C(C)(C)C)cc1. The molecular formula is C28H31ClN2O3S. The molecule has 184 valence electrons. The maximum Gasteiger partial charge on any atom is 0.254 e. The quantitative estimate of drug-likeness (QED) is 0.399. The van der Waals surface area contributed by atoms with Crippen molar-refractivity contribution in [2.24, 2.45) is 0 Å². The summed E-state index contributed by atoms with van der Waals surface area (Å²) in [5.41, 5.74) is 2.22. The lowest BCUT2D eigenvalue weighted by Crippen LogP contribution is -2.53. The molecule has 1 aromatic heterocycles. The van der Waals surface area contributed by atoms with Crippen molar-refractivity contribution < 1.29 is 14.3 Å². The van der Waals surface area contributed by atoms with Gasteiger partial charge in [-0.25, -0.2) is 0 Å². The van der Waals surface area contributed by atoms with Gasteiger partial charge >= 0.3 is 0 Å². The van der Waals surface area contributed by atoms with Crippen LogP contribution in [-0.2, 0) is 11.2 Å².